The summed E-state index contributed by atoms with van der Waals surface area (Å²) < 4.78 is 0. The van der Waals surface area contributed by atoms with E-state index in [0.29, 0.717) is 5.92 Å². The number of aryl methyl sites for hydroxylation is 2. The van der Waals surface area contributed by atoms with Crippen molar-refractivity contribution in [3.05, 3.63) is 34.9 Å². The first-order valence-corrected chi connectivity index (χ1v) is 8.11. The molecule has 2 unspecified atom stereocenters. The lowest BCUT2D eigenvalue weighted by molar-refractivity contribution is 0.135. The molecule has 2 heteroatoms. The molecule has 1 aromatic rings. The molecule has 2 atom stereocenters. The van der Waals surface area contributed by atoms with E-state index in [1.807, 2.05) is 0 Å². The summed E-state index contributed by atoms with van der Waals surface area (Å²) in [7, 11) is 0. The molecule has 1 aliphatic carbocycles. The standard InChI is InChI=1S/C18H29NO/c1-13(2)10-11-19-14(3)18(20)17-9-8-15-6-4-5-7-16(15)12-17/h8-9,12-14,18-20H,4-7,10-11H2,1-3H3. The molecule has 0 radical (unpaired) electrons. The summed E-state index contributed by atoms with van der Waals surface area (Å²) in [6, 6.07) is 6.65. The highest BCUT2D eigenvalue weighted by Gasteiger charge is 2.18. The minimum atomic E-state index is -0.408. The highest BCUT2D eigenvalue weighted by atomic mass is 16.3. The fourth-order valence-electron chi connectivity index (χ4n) is 2.94. The predicted molar refractivity (Wildman–Crippen MR) is 85.0 cm³/mol. The molecule has 0 heterocycles. The van der Waals surface area contributed by atoms with Crippen LogP contribution in [0.4, 0.5) is 0 Å². The van der Waals surface area contributed by atoms with Crippen molar-refractivity contribution in [2.45, 2.75) is 65.0 Å². The van der Waals surface area contributed by atoms with Crippen LogP contribution in [0.2, 0.25) is 0 Å². The SMILES string of the molecule is CC(C)CCNC(C)C(O)c1ccc2c(c1)CCCC2. The predicted octanol–water partition coefficient (Wildman–Crippen LogP) is 3.62. The smallest absolute Gasteiger partial charge is 0.0940 e. The minimum absolute atomic E-state index is 0.107. The molecule has 0 saturated heterocycles. The molecule has 1 aromatic carbocycles. The average Bonchev–Trinajstić information content (AvgIpc) is 2.45. The molecular formula is C18H29NO. The quantitative estimate of drug-likeness (QED) is 0.831. The van der Waals surface area contributed by atoms with Crippen LogP contribution >= 0.6 is 0 Å². The monoisotopic (exact) mass is 275 g/mol. The Bertz CT molecular complexity index is 427. The Morgan fingerprint density at radius 2 is 1.80 bits per heavy atom. The summed E-state index contributed by atoms with van der Waals surface area (Å²) in [6.07, 6.45) is 5.71. The lowest BCUT2D eigenvalue weighted by Gasteiger charge is -2.23. The molecule has 0 aliphatic heterocycles. The Kier molecular flexibility index (Phi) is 5.62. The molecule has 2 rings (SSSR count). The van der Waals surface area contributed by atoms with E-state index in [0.717, 1.165) is 18.5 Å². The molecule has 2 nitrogen and oxygen atoms in total. The van der Waals surface area contributed by atoms with Crippen LogP contribution in [0.15, 0.2) is 18.2 Å². The number of rotatable bonds is 6. The maximum atomic E-state index is 10.5. The van der Waals surface area contributed by atoms with Crippen molar-refractivity contribution in [3.63, 3.8) is 0 Å². The van der Waals surface area contributed by atoms with Gasteiger partial charge in [-0.25, -0.2) is 0 Å². The van der Waals surface area contributed by atoms with E-state index in [-0.39, 0.29) is 6.04 Å². The number of hydrogen-bond donors (Lipinski definition) is 2. The second-order valence-electron chi connectivity index (χ2n) is 6.61. The van der Waals surface area contributed by atoms with Crippen molar-refractivity contribution >= 4 is 0 Å². The van der Waals surface area contributed by atoms with Crippen molar-refractivity contribution in [1.29, 1.82) is 0 Å². The Labute approximate surface area is 123 Å². The van der Waals surface area contributed by atoms with E-state index >= 15 is 0 Å². The maximum Gasteiger partial charge on any atom is 0.0940 e. The highest BCUT2D eigenvalue weighted by Crippen LogP contribution is 2.26. The van der Waals surface area contributed by atoms with E-state index in [1.54, 1.807) is 0 Å². The van der Waals surface area contributed by atoms with E-state index in [1.165, 1.54) is 36.8 Å². The lowest BCUT2D eigenvalue weighted by atomic mass is 9.89. The van der Waals surface area contributed by atoms with Crippen LogP contribution in [0.3, 0.4) is 0 Å². The van der Waals surface area contributed by atoms with Crippen LogP contribution in [0.25, 0.3) is 0 Å². The van der Waals surface area contributed by atoms with Crippen LogP contribution in [0.1, 0.15) is 62.8 Å². The van der Waals surface area contributed by atoms with Gasteiger partial charge in [-0.1, -0.05) is 32.0 Å². The maximum absolute atomic E-state index is 10.5. The van der Waals surface area contributed by atoms with Gasteiger partial charge in [0, 0.05) is 6.04 Å². The summed E-state index contributed by atoms with van der Waals surface area (Å²) in [5.74, 6) is 0.704. The fraction of sp³-hybridized carbons (Fsp3) is 0.667. The molecule has 20 heavy (non-hydrogen) atoms. The molecule has 0 aromatic heterocycles. The third kappa shape index (κ3) is 4.07. The molecule has 1 aliphatic rings. The van der Waals surface area contributed by atoms with Gasteiger partial charge in [-0.3, -0.25) is 0 Å². The first-order valence-electron chi connectivity index (χ1n) is 8.11. The van der Waals surface area contributed by atoms with E-state index in [9.17, 15) is 5.11 Å². The van der Waals surface area contributed by atoms with Crippen LogP contribution in [-0.2, 0) is 12.8 Å². The second-order valence-corrected chi connectivity index (χ2v) is 6.61. The number of hydrogen-bond acceptors (Lipinski definition) is 2. The topological polar surface area (TPSA) is 32.3 Å². The number of aliphatic hydroxyl groups is 1. The summed E-state index contributed by atoms with van der Waals surface area (Å²) >= 11 is 0. The first-order chi connectivity index (χ1) is 9.58. The zero-order valence-electron chi connectivity index (χ0n) is 13.2. The number of nitrogens with one attached hydrogen (secondary N) is 1. The molecular weight excluding hydrogens is 246 g/mol. The minimum Gasteiger partial charge on any atom is -0.387 e. The first kappa shape index (κ1) is 15.5. The lowest BCUT2D eigenvalue weighted by Crippen LogP contribution is -2.33. The zero-order valence-corrected chi connectivity index (χ0v) is 13.2. The molecule has 0 fully saturated rings. The number of aliphatic hydroxyl groups excluding tert-OH is 1. The highest BCUT2D eigenvalue weighted by molar-refractivity contribution is 5.35. The Morgan fingerprint density at radius 3 is 2.50 bits per heavy atom. The van der Waals surface area contributed by atoms with E-state index in [2.05, 4.69) is 44.3 Å². The van der Waals surface area contributed by atoms with Gasteiger partial charge in [-0.05, 0) is 68.2 Å². The second kappa shape index (κ2) is 7.24. The van der Waals surface area contributed by atoms with Crippen LogP contribution < -0.4 is 5.32 Å². The van der Waals surface area contributed by atoms with E-state index < -0.39 is 6.10 Å². The van der Waals surface area contributed by atoms with Gasteiger partial charge in [0.15, 0.2) is 0 Å². The number of fused-ring (bicyclic) bond motifs is 1. The van der Waals surface area contributed by atoms with Crippen LogP contribution in [-0.4, -0.2) is 17.7 Å². The van der Waals surface area contributed by atoms with Gasteiger partial charge in [0.05, 0.1) is 6.10 Å². The third-order valence-electron chi connectivity index (χ3n) is 4.38. The van der Waals surface area contributed by atoms with E-state index in [4.69, 9.17) is 0 Å². The van der Waals surface area contributed by atoms with Gasteiger partial charge in [0.25, 0.3) is 0 Å². The Balaban J connectivity index is 1.95. The molecule has 0 amide bonds. The summed E-state index contributed by atoms with van der Waals surface area (Å²) in [5.41, 5.74) is 3.99. The average molecular weight is 275 g/mol. The van der Waals surface area contributed by atoms with Crippen molar-refractivity contribution < 1.29 is 5.11 Å². The molecule has 0 bridgehead atoms. The van der Waals surface area contributed by atoms with Crippen LogP contribution in [0.5, 0.6) is 0 Å². The normalized spacial score (nSPS) is 17.9. The summed E-state index contributed by atoms with van der Waals surface area (Å²) in [5, 5.41) is 13.9. The molecule has 2 N–H and O–H groups in total. The van der Waals surface area contributed by atoms with Crippen molar-refractivity contribution in [2.75, 3.05) is 6.54 Å². The molecule has 0 spiro atoms. The fourth-order valence-corrected chi connectivity index (χ4v) is 2.94. The molecule has 112 valence electrons. The summed E-state index contributed by atoms with van der Waals surface area (Å²) in [6.45, 7) is 7.50. The van der Waals surface area contributed by atoms with Gasteiger partial charge in [0.2, 0.25) is 0 Å². The Morgan fingerprint density at radius 1 is 1.10 bits per heavy atom. The third-order valence-corrected chi connectivity index (χ3v) is 4.38. The van der Waals surface area contributed by atoms with Gasteiger partial charge in [-0.15, -0.1) is 0 Å². The Hall–Kier alpha value is -0.860. The van der Waals surface area contributed by atoms with Gasteiger partial charge in [-0.2, -0.15) is 0 Å². The van der Waals surface area contributed by atoms with Crippen molar-refractivity contribution in [3.8, 4) is 0 Å². The van der Waals surface area contributed by atoms with Crippen LogP contribution in [0, 0.1) is 5.92 Å². The van der Waals surface area contributed by atoms with Gasteiger partial charge < -0.3 is 10.4 Å². The zero-order chi connectivity index (χ0) is 14.5. The largest absolute Gasteiger partial charge is 0.387 e. The van der Waals surface area contributed by atoms with Crippen molar-refractivity contribution in [2.24, 2.45) is 5.92 Å². The van der Waals surface area contributed by atoms with Gasteiger partial charge in [0.1, 0.15) is 0 Å². The molecule has 0 saturated carbocycles. The van der Waals surface area contributed by atoms with Crippen molar-refractivity contribution in [1.82, 2.24) is 5.32 Å². The number of benzene rings is 1. The summed E-state index contributed by atoms with van der Waals surface area (Å²) in [4.78, 5) is 0. The van der Waals surface area contributed by atoms with Gasteiger partial charge >= 0.3 is 0 Å².